The number of carbonyl (C=O) groups excluding carboxylic acids is 1. The van der Waals surface area contributed by atoms with E-state index in [0.29, 0.717) is 58.4 Å². The first-order chi connectivity index (χ1) is 13.6. The molecule has 6 nitrogen and oxygen atoms in total. The quantitative estimate of drug-likeness (QED) is 0.467. The maximum Gasteiger partial charge on any atom is 0.258 e. The Labute approximate surface area is 161 Å². The van der Waals surface area contributed by atoms with Crippen molar-refractivity contribution in [2.45, 2.75) is 13.0 Å². The lowest BCUT2D eigenvalue weighted by Crippen LogP contribution is -2.24. The normalized spacial score (nSPS) is 12.9. The summed E-state index contributed by atoms with van der Waals surface area (Å²) in [6.07, 6.45) is 3.22. The van der Waals surface area contributed by atoms with E-state index in [1.165, 1.54) is 6.08 Å². The van der Waals surface area contributed by atoms with Crippen LogP contribution in [0, 0.1) is 5.41 Å². The highest BCUT2D eigenvalue weighted by atomic mass is 16.1. The zero-order valence-corrected chi connectivity index (χ0v) is 15.2. The molecule has 0 saturated carbocycles. The first-order valence-electron chi connectivity index (χ1n) is 9.09. The molecule has 0 aliphatic heterocycles. The molecular weight excluding hydrogens is 352 g/mol. The number of ketones is 1. The Kier molecular flexibility index (Phi) is 4.41. The van der Waals surface area contributed by atoms with Crippen molar-refractivity contribution in [2.75, 3.05) is 6.54 Å². The fourth-order valence-electron chi connectivity index (χ4n) is 3.81. The van der Waals surface area contributed by atoms with E-state index >= 15 is 0 Å². The molecular formula is C22H20N4O2. The van der Waals surface area contributed by atoms with E-state index in [-0.39, 0.29) is 11.3 Å². The fourth-order valence-corrected chi connectivity index (χ4v) is 3.81. The summed E-state index contributed by atoms with van der Waals surface area (Å²) in [5, 5.41) is 8.28. The second kappa shape index (κ2) is 6.90. The van der Waals surface area contributed by atoms with E-state index < -0.39 is 0 Å². The zero-order valence-electron chi connectivity index (χ0n) is 15.2. The average Bonchev–Trinajstić information content (AvgIpc) is 3.01. The minimum Gasteiger partial charge on any atom is -0.398 e. The van der Waals surface area contributed by atoms with Crippen LogP contribution in [0.1, 0.15) is 27.9 Å². The van der Waals surface area contributed by atoms with Crippen molar-refractivity contribution in [1.29, 1.82) is 5.41 Å². The van der Waals surface area contributed by atoms with Gasteiger partial charge in [0.2, 0.25) is 0 Å². The predicted octanol–water partition coefficient (Wildman–Crippen LogP) is 2.51. The molecule has 0 spiro atoms. The van der Waals surface area contributed by atoms with Crippen molar-refractivity contribution in [3.8, 4) is 11.3 Å². The van der Waals surface area contributed by atoms with Gasteiger partial charge in [-0.1, -0.05) is 30.3 Å². The molecule has 0 bridgehead atoms. The molecule has 0 fully saturated rings. The van der Waals surface area contributed by atoms with E-state index in [9.17, 15) is 9.59 Å². The maximum atomic E-state index is 13.2. The number of pyridine rings is 1. The van der Waals surface area contributed by atoms with E-state index in [1.54, 1.807) is 28.8 Å². The topological polar surface area (TPSA) is 115 Å². The molecule has 4 rings (SSSR count). The van der Waals surface area contributed by atoms with Gasteiger partial charge >= 0.3 is 0 Å². The number of nitrogens with zero attached hydrogens (tertiary/aromatic N) is 1. The zero-order chi connectivity index (χ0) is 19.8. The minimum atomic E-state index is -0.146. The molecule has 0 unspecified atom stereocenters. The van der Waals surface area contributed by atoms with Gasteiger partial charge in [0.05, 0.1) is 11.3 Å². The van der Waals surface area contributed by atoms with Gasteiger partial charge in [-0.2, -0.15) is 0 Å². The molecule has 0 atom stereocenters. The number of fused-ring (bicyclic) bond motifs is 5. The molecule has 2 aromatic carbocycles. The molecule has 0 radical (unpaired) electrons. The highest BCUT2D eigenvalue weighted by Crippen LogP contribution is 2.39. The molecule has 6 heteroatoms. The largest absolute Gasteiger partial charge is 0.398 e. The van der Waals surface area contributed by atoms with Crippen molar-refractivity contribution in [3.63, 3.8) is 0 Å². The first kappa shape index (κ1) is 17.9. The van der Waals surface area contributed by atoms with Crippen molar-refractivity contribution in [1.82, 2.24) is 4.57 Å². The number of hydrogen-bond donors (Lipinski definition) is 3. The molecule has 1 aromatic heterocycles. The molecule has 0 amide bonds. The Morgan fingerprint density at radius 3 is 2.54 bits per heavy atom. The van der Waals surface area contributed by atoms with Crippen LogP contribution in [0.2, 0.25) is 0 Å². The summed E-state index contributed by atoms with van der Waals surface area (Å²) in [6, 6.07) is 12.6. The number of rotatable bonds is 5. The van der Waals surface area contributed by atoms with E-state index in [1.807, 2.05) is 18.2 Å². The molecule has 5 N–H and O–H groups in total. The number of allylic oxidation sites excluding steroid dienone is 1. The second-order valence-electron chi connectivity index (χ2n) is 6.75. The highest BCUT2D eigenvalue weighted by molar-refractivity contribution is 6.26. The Hall–Kier alpha value is -3.51. The van der Waals surface area contributed by atoms with Crippen LogP contribution < -0.4 is 17.0 Å². The van der Waals surface area contributed by atoms with Crippen LogP contribution in [0.4, 0.5) is 0 Å². The summed E-state index contributed by atoms with van der Waals surface area (Å²) in [7, 11) is 0. The van der Waals surface area contributed by atoms with Crippen LogP contribution in [0.15, 0.2) is 53.3 Å². The number of nitrogens with one attached hydrogen (secondary N) is 1. The lowest BCUT2D eigenvalue weighted by Gasteiger charge is -2.15. The van der Waals surface area contributed by atoms with Crippen molar-refractivity contribution >= 4 is 28.5 Å². The van der Waals surface area contributed by atoms with E-state index in [4.69, 9.17) is 16.9 Å². The predicted molar refractivity (Wildman–Crippen MR) is 112 cm³/mol. The van der Waals surface area contributed by atoms with Gasteiger partial charge < -0.3 is 21.4 Å². The summed E-state index contributed by atoms with van der Waals surface area (Å²) in [6.45, 7) is 0.908. The van der Waals surface area contributed by atoms with Gasteiger partial charge in [0.25, 0.3) is 5.56 Å². The Morgan fingerprint density at radius 2 is 1.82 bits per heavy atom. The van der Waals surface area contributed by atoms with Gasteiger partial charge in [-0.05, 0) is 36.7 Å². The van der Waals surface area contributed by atoms with Crippen LogP contribution in [0.25, 0.3) is 27.7 Å². The third kappa shape index (κ3) is 2.58. The average molecular weight is 372 g/mol. The van der Waals surface area contributed by atoms with Gasteiger partial charge in [0.1, 0.15) is 0 Å². The first-order valence-corrected chi connectivity index (χ1v) is 9.09. The summed E-state index contributed by atoms with van der Waals surface area (Å²) >= 11 is 0. The standard InChI is InChI=1S/C22H20N4O2/c23-9-3-11-26-20-14-4-1-2-5-15(14)21(27)19(20)17-12-13(18(25)8-10-24)6-7-16(17)22(26)28/h1-2,4-8,10,12,24H,3,9,11,23,25H2/b18-8-,24-10?. The number of carbonyl (C=O) groups is 1. The highest BCUT2D eigenvalue weighted by Gasteiger charge is 2.32. The molecule has 1 aliphatic carbocycles. The number of benzene rings is 2. The summed E-state index contributed by atoms with van der Waals surface area (Å²) in [5.41, 5.74) is 15.2. The molecule has 0 saturated heterocycles. The minimum absolute atomic E-state index is 0.0937. The lowest BCUT2D eigenvalue weighted by molar-refractivity contribution is 0.104. The number of aromatic nitrogens is 1. The molecule has 28 heavy (non-hydrogen) atoms. The monoisotopic (exact) mass is 372 g/mol. The van der Waals surface area contributed by atoms with Crippen LogP contribution >= 0.6 is 0 Å². The van der Waals surface area contributed by atoms with Gasteiger partial charge in [-0.25, -0.2) is 0 Å². The smallest absolute Gasteiger partial charge is 0.258 e. The lowest BCUT2D eigenvalue weighted by atomic mass is 9.99. The number of nitrogens with two attached hydrogens (primary N) is 2. The van der Waals surface area contributed by atoms with Crippen LogP contribution in [-0.2, 0) is 6.54 Å². The van der Waals surface area contributed by atoms with Gasteiger partial charge in [-0.15, -0.1) is 0 Å². The van der Waals surface area contributed by atoms with Crippen molar-refractivity contribution in [2.24, 2.45) is 11.5 Å². The summed E-state index contributed by atoms with van der Waals surface area (Å²) in [4.78, 5) is 26.5. The SMILES string of the molecule is N=C/C=C(\N)c1ccc2c(=O)n(CCCN)c3c(c2c1)C(=O)c1ccccc1-3. The third-order valence-electron chi connectivity index (χ3n) is 5.11. The van der Waals surface area contributed by atoms with Crippen LogP contribution in [0.3, 0.4) is 0 Å². The third-order valence-corrected chi connectivity index (χ3v) is 5.11. The van der Waals surface area contributed by atoms with Gasteiger partial charge in [0, 0.05) is 40.4 Å². The molecule has 140 valence electrons. The summed E-state index contributed by atoms with van der Waals surface area (Å²) in [5.74, 6) is -0.0937. The maximum absolute atomic E-state index is 13.2. The number of hydrogen-bond acceptors (Lipinski definition) is 5. The Morgan fingerprint density at radius 1 is 1.07 bits per heavy atom. The Bertz CT molecular complexity index is 1220. The Balaban J connectivity index is 2.11. The van der Waals surface area contributed by atoms with Crippen LogP contribution in [-0.4, -0.2) is 23.1 Å². The van der Waals surface area contributed by atoms with Crippen molar-refractivity contribution in [3.05, 3.63) is 75.6 Å². The van der Waals surface area contributed by atoms with Gasteiger partial charge in [0.15, 0.2) is 5.78 Å². The molecule has 1 heterocycles. The van der Waals surface area contributed by atoms with Gasteiger partial charge in [-0.3, -0.25) is 9.59 Å². The second-order valence-corrected chi connectivity index (χ2v) is 6.75. The molecule has 1 aliphatic rings. The van der Waals surface area contributed by atoms with Crippen LogP contribution in [0.5, 0.6) is 0 Å². The van der Waals surface area contributed by atoms with E-state index in [0.717, 1.165) is 11.8 Å². The summed E-state index contributed by atoms with van der Waals surface area (Å²) < 4.78 is 1.67. The molecule has 3 aromatic rings. The van der Waals surface area contributed by atoms with Crippen molar-refractivity contribution < 1.29 is 4.79 Å². The van der Waals surface area contributed by atoms with E-state index in [2.05, 4.69) is 0 Å². The fraction of sp³-hybridized carbons (Fsp3) is 0.136.